The van der Waals surface area contributed by atoms with E-state index < -0.39 is 5.97 Å². The molecule has 6 heteroatoms. The predicted octanol–water partition coefficient (Wildman–Crippen LogP) is 1.47. The molecule has 1 amide bonds. The van der Waals surface area contributed by atoms with Crippen LogP contribution in [0.1, 0.15) is 30.1 Å². The summed E-state index contributed by atoms with van der Waals surface area (Å²) in [7, 11) is 0. The normalized spacial score (nSPS) is 14.4. The zero-order valence-corrected chi connectivity index (χ0v) is 11.3. The van der Waals surface area contributed by atoms with Crippen molar-refractivity contribution in [2.24, 2.45) is 0 Å². The summed E-state index contributed by atoms with van der Waals surface area (Å²) in [5.74, 6) is -0.703. The van der Waals surface area contributed by atoms with Crippen LogP contribution in [0, 0.1) is 0 Å². The van der Waals surface area contributed by atoms with Gasteiger partial charge in [-0.15, -0.1) is 0 Å². The number of carboxylic acids is 1. The van der Waals surface area contributed by atoms with Gasteiger partial charge in [0, 0.05) is 12.6 Å². The molecule has 1 aromatic carbocycles. The molecule has 0 saturated heterocycles. The van der Waals surface area contributed by atoms with Crippen LogP contribution in [0.5, 0.6) is 5.75 Å². The number of carboxylic acid groups (broad SMARTS) is 1. The summed E-state index contributed by atoms with van der Waals surface area (Å²) < 4.78 is 5.53. The molecule has 0 aromatic heterocycles. The first-order valence-electron chi connectivity index (χ1n) is 6.64. The van der Waals surface area contributed by atoms with E-state index in [4.69, 9.17) is 9.84 Å². The van der Waals surface area contributed by atoms with Crippen molar-refractivity contribution in [3.05, 3.63) is 23.8 Å². The van der Waals surface area contributed by atoms with E-state index in [2.05, 4.69) is 10.6 Å². The van der Waals surface area contributed by atoms with Crippen molar-refractivity contribution in [2.45, 2.75) is 25.8 Å². The summed E-state index contributed by atoms with van der Waals surface area (Å²) in [5, 5.41) is 14.7. The Hall–Kier alpha value is -2.24. The average molecular weight is 278 g/mol. The number of aliphatic carboxylic acids is 1. The van der Waals surface area contributed by atoms with E-state index in [1.807, 2.05) is 13.0 Å². The minimum absolute atomic E-state index is 0.0869. The smallest absolute Gasteiger partial charge is 0.305 e. The summed E-state index contributed by atoms with van der Waals surface area (Å²) in [6.45, 7) is 3.05. The van der Waals surface area contributed by atoms with Crippen LogP contribution in [0.4, 0.5) is 5.69 Å². The van der Waals surface area contributed by atoms with Crippen LogP contribution in [0.25, 0.3) is 0 Å². The third-order valence-electron chi connectivity index (χ3n) is 3.17. The summed E-state index contributed by atoms with van der Waals surface area (Å²) in [6, 6.07) is 4.91. The second kappa shape index (κ2) is 6.27. The Kier molecular flexibility index (Phi) is 4.45. The predicted molar refractivity (Wildman–Crippen MR) is 74.2 cm³/mol. The molecule has 1 aliphatic heterocycles. The molecule has 1 atom stereocenters. The van der Waals surface area contributed by atoms with E-state index in [1.54, 1.807) is 12.1 Å². The molecule has 0 radical (unpaired) electrons. The van der Waals surface area contributed by atoms with Crippen LogP contribution in [-0.4, -0.2) is 36.2 Å². The third-order valence-corrected chi connectivity index (χ3v) is 3.17. The number of hydrogen-bond acceptors (Lipinski definition) is 4. The van der Waals surface area contributed by atoms with Crippen LogP contribution in [-0.2, 0) is 4.79 Å². The van der Waals surface area contributed by atoms with Crippen molar-refractivity contribution in [3.8, 4) is 5.75 Å². The molecule has 0 saturated carbocycles. The van der Waals surface area contributed by atoms with Crippen LogP contribution in [0.3, 0.4) is 0 Å². The second-order valence-corrected chi connectivity index (χ2v) is 4.63. The van der Waals surface area contributed by atoms with Crippen molar-refractivity contribution in [2.75, 3.05) is 18.5 Å². The maximum Gasteiger partial charge on any atom is 0.305 e. The van der Waals surface area contributed by atoms with Gasteiger partial charge in [-0.05, 0) is 18.6 Å². The minimum atomic E-state index is -0.926. The van der Waals surface area contributed by atoms with Gasteiger partial charge < -0.3 is 20.5 Å². The highest BCUT2D eigenvalue weighted by Gasteiger charge is 2.21. The molecule has 6 nitrogen and oxygen atoms in total. The van der Waals surface area contributed by atoms with E-state index in [1.165, 1.54) is 0 Å². The van der Waals surface area contributed by atoms with E-state index in [9.17, 15) is 9.59 Å². The number of ether oxygens (including phenoxy) is 1. The van der Waals surface area contributed by atoms with Gasteiger partial charge in [0.25, 0.3) is 5.91 Å². The monoisotopic (exact) mass is 278 g/mol. The lowest BCUT2D eigenvalue weighted by atomic mass is 10.1. The van der Waals surface area contributed by atoms with Crippen molar-refractivity contribution >= 4 is 17.6 Å². The fraction of sp³-hybridized carbons (Fsp3) is 0.429. The van der Waals surface area contributed by atoms with Crippen LogP contribution < -0.4 is 15.4 Å². The molecule has 0 bridgehead atoms. The number of rotatable bonds is 5. The maximum atomic E-state index is 12.3. The number of fused-ring (bicyclic) bond motifs is 1. The molecule has 20 heavy (non-hydrogen) atoms. The lowest BCUT2D eigenvalue weighted by molar-refractivity contribution is -0.137. The van der Waals surface area contributed by atoms with Crippen LogP contribution >= 0.6 is 0 Å². The molecule has 0 aliphatic carbocycles. The molecule has 108 valence electrons. The summed E-state index contributed by atoms with van der Waals surface area (Å²) in [6.07, 6.45) is 0.475. The number of benzene rings is 1. The molecule has 3 N–H and O–H groups in total. The van der Waals surface area contributed by atoms with Gasteiger partial charge >= 0.3 is 5.97 Å². The summed E-state index contributed by atoms with van der Waals surface area (Å²) >= 11 is 0. The van der Waals surface area contributed by atoms with Gasteiger partial charge in [0.15, 0.2) is 5.75 Å². The van der Waals surface area contributed by atoms with Crippen LogP contribution in [0.2, 0.25) is 0 Å². The van der Waals surface area contributed by atoms with Gasteiger partial charge in [-0.1, -0.05) is 13.0 Å². The molecule has 0 spiro atoms. The molecule has 0 fully saturated rings. The third kappa shape index (κ3) is 3.20. The van der Waals surface area contributed by atoms with E-state index >= 15 is 0 Å². The van der Waals surface area contributed by atoms with Crippen LogP contribution in [0.15, 0.2) is 18.2 Å². The van der Waals surface area contributed by atoms with Gasteiger partial charge in [-0.2, -0.15) is 0 Å². The van der Waals surface area contributed by atoms with Crippen molar-refractivity contribution in [3.63, 3.8) is 0 Å². The number of carbonyl (C=O) groups excluding carboxylic acids is 1. The Labute approximate surface area is 117 Å². The Balaban J connectivity index is 2.14. The highest BCUT2D eigenvalue weighted by Crippen LogP contribution is 2.31. The molecule has 1 aromatic rings. The fourth-order valence-electron chi connectivity index (χ4n) is 2.12. The molecule has 2 rings (SSSR count). The standard InChI is InChI=1S/C14H18N2O4/c1-2-9(8-12(17)18)16-14(19)10-4-3-5-11-13(10)20-7-6-15-11/h3-5,9,15H,2,6-8H2,1H3,(H,16,19)(H,17,18). The first-order chi connectivity index (χ1) is 9.61. The van der Waals surface area contributed by atoms with Gasteiger partial charge in [-0.3, -0.25) is 9.59 Å². The van der Waals surface area contributed by atoms with Crippen molar-refractivity contribution in [1.82, 2.24) is 5.32 Å². The zero-order valence-electron chi connectivity index (χ0n) is 11.3. The Morgan fingerprint density at radius 2 is 2.30 bits per heavy atom. The fourth-order valence-corrected chi connectivity index (χ4v) is 2.12. The first kappa shape index (κ1) is 14.2. The minimum Gasteiger partial charge on any atom is -0.489 e. The Morgan fingerprint density at radius 3 is 3.00 bits per heavy atom. The zero-order chi connectivity index (χ0) is 14.5. The number of amides is 1. The van der Waals surface area contributed by atoms with Gasteiger partial charge in [0.05, 0.1) is 17.7 Å². The van der Waals surface area contributed by atoms with Crippen molar-refractivity contribution in [1.29, 1.82) is 0 Å². The van der Waals surface area contributed by atoms with Crippen molar-refractivity contribution < 1.29 is 19.4 Å². The highest BCUT2D eigenvalue weighted by atomic mass is 16.5. The Morgan fingerprint density at radius 1 is 1.50 bits per heavy atom. The molecule has 1 heterocycles. The number of nitrogens with one attached hydrogen (secondary N) is 2. The molecular weight excluding hydrogens is 260 g/mol. The van der Waals surface area contributed by atoms with E-state index in [0.717, 1.165) is 5.69 Å². The molecular formula is C14H18N2O4. The van der Waals surface area contributed by atoms with Gasteiger partial charge in [0.2, 0.25) is 0 Å². The Bertz CT molecular complexity index is 516. The number of hydrogen-bond donors (Lipinski definition) is 3. The number of carbonyl (C=O) groups is 2. The maximum absolute atomic E-state index is 12.3. The number of para-hydroxylation sites is 1. The average Bonchev–Trinajstić information content (AvgIpc) is 2.45. The highest BCUT2D eigenvalue weighted by molar-refractivity contribution is 5.99. The number of anilines is 1. The second-order valence-electron chi connectivity index (χ2n) is 4.63. The lowest BCUT2D eigenvalue weighted by Crippen LogP contribution is -2.36. The molecule has 1 unspecified atom stereocenters. The first-order valence-corrected chi connectivity index (χ1v) is 6.64. The largest absolute Gasteiger partial charge is 0.489 e. The topological polar surface area (TPSA) is 87.7 Å². The van der Waals surface area contributed by atoms with E-state index in [-0.39, 0.29) is 18.4 Å². The summed E-state index contributed by atoms with van der Waals surface area (Å²) in [4.78, 5) is 23.0. The van der Waals surface area contributed by atoms with Gasteiger partial charge in [0.1, 0.15) is 6.61 Å². The van der Waals surface area contributed by atoms with E-state index in [0.29, 0.717) is 30.9 Å². The SMILES string of the molecule is CCC(CC(=O)O)NC(=O)c1cccc2c1OCCN2. The lowest BCUT2D eigenvalue weighted by Gasteiger charge is -2.22. The van der Waals surface area contributed by atoms with Gasteiger partial charge in [-0.25, -0.2) is 0 Å². The molecule has 1 aliphatic rings. The quantitative estimate of drug-likeness (QED) is 0.759. The summed E-state index contributed by atoms with van der Waals surface area (Å²) in [5.41, 5.74) is 1.22.